The molecule has 1 N–H and O–H groups in total. The van der Waals surface area contributed by atoms with Crippen LogP contribution in [0.15, 0.2) is 35.5 Å². The zero-order valence-electron chi connectivity index (χ0n) is 37.1. The van der Waals surface area contributed by atoms with E-state index in [-0.39, 0.29) is 31.2 Å². The summed E-state index contributed by atoms with van der Waals surface area (Å²) in [7, 11) is 6.81. The molecular weight excluding hydrogens is 778 g/mol. The molecule has 3 fully saturated rings. The van der Waals surface area contributed by atoms with Gasteiger partial charge in [-0.3, -0.25) is 14.8 Å². The third-order valence-corrected chi connectivity index (χ3v) is 13.6. The third kappa shape index (κ3) is 8.39. The van der Waals surface area contributed by atoms with Crippen LogP contribution in [0.4, 0.5) is 9.18 Å². The number of fused-ring (bicyclic) bond motifs is 2. The fourth-order valence-corrected chi connectivity index (χ4v) is 9.95. The number of cyclic esters (lactones) is 1. The molecule has 0 radical (unpaired) electrons. The number of benzene rings is 1. The van der Waals surface area contributed by atoms with E-state index in [1.807, 2.05) is 69.0 Å². The van der Waals surface area contributed by atoms with Gasteiger partial charge in [0.25, 0.3) is 5.67 Å². The predicted octanol–water partition coefficient (Wildman–Crippen LogP) is 5.14. The van der Waals surface area contributed by atoms with Crippen molar-refractivity contribution >= 4 is 34.5 Å². The Morgan fingerprint density at radius 3 is 2.42 bits per heavy atom. The van der Waals surface area contributed by atoms with Crippen molar-refractivity contribution in [2.24, 2.45) is 22.7 Å². The molecular formula is C44H64FN5O10. The monoisotopic (exact) mass is 841 g/mol. The van der Waals surface area contributed by atoms with Gasteiger partial charge >= 0.3 is 12.1 Å². The van der Waals surface area contributed by atoms with Crippen LogP contribution in [-0.4, -0.2) is 150 Å². The number of rotatable bonds is 9. The Morgan fingerprint density at radius 2 is 1.75 bits per heavy atom. The molecule has 0 aliphatic carbocycles. The van der Waals surface area contributed by atoms with Crippen LogP contribution in [0.1, 0.15) is 80.2 Å². The van der Waals surface area contributed by atoms with Crippen molar-refractivity contribution in [3.8, 4) is 5.75 Å². The lowest BCUT2D eigenvalue weighted by molar-refractivity contribution is -0.295. The number of halogens is 1. The summed E-state index contributed by atoms with van der Waals surface area (Å²) < 4.78 is 53.3. The fraction of sp³-hybridized carbons (Fsp3) is 0.705. The molecule has 1 amide bonds. The fourth-order valence-electron chi connectivity index (χ4n) is 9.95. The number of aryl methyl sites for hydroxylation is 1. The Labute approximate surface area is 352 Å². The Morgan fingerprint density at radius 1 is 1.03 bits per heavy atom. The first-order chi connectivity index (χ1) is 28.2. The van der Waals surface area contributed by atoms with Gasteiger partial charge in [-0.2, -0.15) is 5.01 Å². The second-order valence-electron chi connectivity index (χ2n) is 18.0. The van der Waals surface area contributed by atoms with Crippen LogP contribution >= 0.6 is 0 Å². The highest BCUT2D eigenvalue weighted by Crippen LogP contribution is 2.45. The van der Waals surface area contributed by atoms with Crippen LogP contribution in [0.2, 0.25) is 0 Å². The van der Waals surface area contributed by atoms with Gasteiger partial charge in [0.15, 0.2) is 17.7 Å². The summed E-state index contributed by atoms with van der Waals surface area (Å²) in [6.45, 7) is 13.8. The lowest BCUT2D eigenvalue weighted by Crippen LogP contribution is -2.62. The highest BCUT2D eigenvalue weighted by Gasteiger charge is 2.62. The van der Waals surface area contributed by atoms with E-state index in [2.05, 4.69) is 4.98 Å². The molecule has 5 heterocycles. The molecule has 3 saturated heterocycles. The summed E-state index contributed by atoms with van der Waals surface area (Å²) in [5, 5.41) is 16.0. The smallest absolute Gasteiger partial charge is 0.425 e. The van der Waals surface area contributed by atoms with Gasteiger partial charge in [0.05, 0.1) is 30.4 Å². The lowest BCUT2D eigenvalue weighted by Gasteiger charge is -2.47. The number of methoxy groups -OCH3 is 2. The van der Waals surface area contributed by atoms with E-state index in [1.54, 1.807) is 39.1 Å². The number of carbonyl (C=O) groups excluding carboxylic acids is 3. The standard InChI is InChI=1S/C44H64FN5O10/c1-24-22-42(6,56-12)38(59-39-35(51)33(48(9)10)20-25(2)57-39)27(4)37(52)43(7,45)40(53)58-28(5)44(8)36-26(3)34(24)47-23-49(50(36)41(54)60-44)19-13-14-29-17-18-46-32-21-30(55-11)15-16-31(29)32/h15-18,21,24-28,33,35-36,38-39,51H,13-14,19-20,22-23H2,1-12H3/t24-,25-,26-,27+,28+,33+,35-,36-,38-,39+,42+,43?,44-/m1/s1. The minimum absolute atomic E-state index is 0.126. The van der Waals surface area contributed by atoms with Crippen molar-refractivity contribution in [3.63, 3.8) is 0 Å². The number of aliphatic hydroxyl groups is 1. The van der Waals surface area contributed by atoms with Crippen molar-refractivity contribution in [1.82, 2.24) is 19.9 Å². The van der Waals surface area contributed by atoms with Gasteiger partial charge in [0.2, 0.25) is 0 Å². The maximum absolute atomic E-state index is 16.9. The number of alkyl halides is 1. The predicted molar refractivity (Wildman–Crippen MR) is 221 cm³/mol. The normalized spacial score (nSPS) is 38.3. The minimum Gasteiger partial charge on any atom is -0.497 e. The maximum atomic E-state index is 16.9. The van der Waals surface area contributed by atoms with Crippen LogP contribution in [0, 0.1) is 17.8 Å². The molecule has 2 bridgehead atoms. The number of ether oxygens (including phenoxy) is 6. The molecule has 16 heteroatoms. The number of Topliss-reactive ketones (excluding diaryl/α,β-unsaturated/α-hetero) is 1. The van der Waals surface area contributed by atoms with Crippen LogP contribution in [-0.2, 0) is 39.7 Å². The van der Waals surface area contributed by atoms with Crippen molar-refractivity contribution in [1.29, 1.82) is 0 Å². The van der Waals surface area contributed by atoms with Gasteiger partial charge < -0.3 is 38.4 Å². The second-order valence-corrected chi connectivity index (χ2v) is 18.0. The largest absolute Gasteiger partial charge is 0.497 e. The molecule has 1 unspecified atom stereocenters. The van der Waals surface area contributed by atoms with E-state index >= 15 is 4.39 Å². The zero-order valence-corrected chi connectivity index (χ0v) is 37.1. The molecule has 2 aromatic rings. The number of amides is 1. The quantitative estimate of drug-likeness (QED) is 0.261. The maximum Gasteiger partial charge on any atom is 0.425 e. The Balaban J connectivity index is 1.38. The number of hydrogen-bond donors (Lipinski definition) is 1. The van der Waals surface area contributed by atoms with E-state index in [0.717, 1.165) is 29.1 Å². The summed E-state index contributed by atoms with van der Waals surface area (Å²) in [5.74, 6) is -3.89. The number of hydrazine groups is 1. The number of aromatic nitrogens is 1. The third-order valence-electron chi connectivity index (χ3n) is 13.6. The van der Waals surface area contributed by atoms with Gasteiger partial charge in [-0.1, -0.05) is 20.8 Å². The van der Waals surface area contributed by atoms with Crippen LogP contribution in [0.3, 0.4) is 0 Å². The summed E-state index contributed by atoms with van der Waals surface area (Å²) in [6, 6.07) is 6.70. The topological polar surface area (TPSA) is 162 Å². The first-order valence-corrected chi connectivity index (χ1v) is 21.1. The number of ketones is 1. The number of esters is 1. The SMILES string of the molecule is COc1ccc2c(CCCN3CN=C4[C@H](C)C[C@](C)(OC)[C@H](O[C@@H]5O[C@H](C)C[C@H](N(C)C)[C@H]5O)[C@@H](C)C(=O)C(C)(F)C(=O)O[C@@H](C)[C@@]5(C)OC(=O)N3[C@@H]5[C@@H]4C)ccnc2c1. The van der Waals surface area contributed by atoms with Gasteiger partial charge in [-0.25, -0.2) is 19.0 Å². The van der Waals surface area contributed by atoms with Gasteiger partial charge in [0.1, 0.15) is 30.7 Å². The van der Waals surface area contributed by atoms with Crippen molar-refractivity contribution in [3.05, 3.63) is 36.0 Å². The van der Waals surface area contributed by atoms with Gasteiger partial charge in [0, 0.05) is 54.9 Å². The van der Waals surface area contributed by atoms with E-state index in [9.17, 15) is 19.5 Å². The molecule has 4 aliphatic rings. The Hall–Kier alpha value is -3.80. The van der Waals surface area contributed by atoms with Crippen LogP contribution in [0.5, 0.6) is 5.75 Å². The second kappa shape index (κ2) is 17.5. The van der Waals surface area contributed by atoms with Crippen molar-refractivity contribution in [2.75, 3.05) is 41.5 Å². The molecule has 4 aliphatic heterocycles. The highest BCUT2D eigenvalue weighted by atomic mass is 19.1. The Bertz CT molecular complexity index is 1950. The van der Waals surface area contributed by atoms with E-state index in [0.29, 0.717) is 31.6 Å². The van der Waals surface area contributed by atoms with Crippen molar-refractivity contribution < 1.29 is 52.3 Å². The summed E-state index contributed by atoms with van der Waals surface area (Å²) >= 11 is 0. The first kappa shape index (κ1) is 45.7. The van der Waals surface area contributed by atoms with Crippen LogP contribution in [0.25, 0.3) is 10.9 Å². The number of likely N-dealkylation sites (N-methyl/N-ethyl adjacent to an activating group) is 1. The van der Waals surface area contributed by atoms with E-state index in [4.69, 9.17) is 33.4 Å². The van der Waals surface area contributed by atoms with Crippen LogP contribution < -0.4 is 4.74 Å². The average molecular weight is 842 g/mol. The zero-order chi connectivity index (χ0) is 44.1. The summed E-state index contributed by atoms with van der Waals surface area (Å²) in [4.78, 5) is 53.9. The molecule has 13 atom stereocenters. The number of aliphatic hydroxyl groups excluding tert-OH is 1. The molecule has 15 nitrogen and oxygen atoms in total. The molecule has 6 rings (SSSR count). The summed E-state index contributed by atoms with van der Waals surface area (Å²) in [6.07, 6.45) is -1.82. The number of nitrogens with zero attached hydrogens (tertiary/aromatic N) is 5. The number of hydrogen-bond acceptors (Lipinski definition) is 14. The Kier molecular flexibility index (Phi) is 13.4. The molecule has 0 spiro atoms. The van der Waals surface area contributed by atoms with Gasteiger partial charge in [-0.05, 0) is 104 Å². The molecule has 1 aromatic heterocycles. The molecule has 332 valence electrons. The molecule has 0 saturated carbocycles. The molecule has 60 heavy (non-hydrogen) atoms. The van der Waals surface area contributed by atoms with Crippen molar-refractivity contribution in [2.45, 2.75) is 141 Å². The number of aliphatic imine (C=N–C) groups is 1. The number of pyridine rings is 1. The van der Waals surface area contributed by atoms with E-state index in [1.165, 1.54) is 14.0 Å². The minimum atomic E-state index is -3.14. The lowest BCUT2D eigenvalue weighted by atomic mass is 9.73. The number of carbonyl (C=O) groups is 3. The molecule has 1 aromatic carbocycles. The first-order valence-electron chi connectivity index (χ1n) is 21.1. The summed E-state index contributed by atoms with van der Waals surface area (Å²) in [5.41, 5.74) is -3.27. The van der Waals surface area contributed by atoms with Gasteiger partial charge in [-0.15, -0.1) is 0 Å². The average Bonchev–Trinajstić information content (AvgIpc) is 3.38. The highest BCUT2D eigenvalue weighted by molar-refractivity contribution is 6.08. The van der Waals surface area contributed by atoms with E-state index < -0.39 is 77.2 Å².